The Kier molecular flexibility index (Phi) is 5.08. The molecule has 1 aliphatic carbocycles. The Labute approximate surface area is 122 Å². The zero-order valence-electron chi connectivity index (χ0n) is 13.2. The summed E-state index contributed by atoms with van der Waals surface area (Å²) < 4.78 is 11.0. The lowest BCUT2D eigenvalue weighted by Gasteiger charge is -2.44. The molecular formula is C16H29NO3. The van der Waals surface area contributed by atoms with E-state index in [2.05, 4.69) is 19.2 Å². The van der Waals surface area contributed by atoms with Gasteiger partial charge in [0.05, 0.1) is 12.7 Å². The molecule has 2 atom stereocenters. The summed E-state index contributed by atoms with van der Waals surface area (Å²) in [5.74, 6) is -0.0780. The van der Waals surface area contributed by atoms with Gasteiger partial charge >= 0.3 is 5.97 Å². The lowest BCUT2D eigenvalue weighted by molar-refractivity contribution is -0.155. The van der Waals surface area contributed by atoms with Gasteiger partial charge in [0.1, 0.15) is 5.54 Å². The number of ether oxygens (including phenoxy) is 2. The Bertz CT molecular complexity index is 337. The van der Waals surface area contributed by atoms with Gasteiger partial charge in [-0.15, -0.1) is 0 Å². The number of carbonyl (C=O) groups is 1. The summed E-state index contributed by atoms with van der Waals surface area (Å²) in [6.07, 6.45) is 6.46. The van der Waals surface area contributed by atoms with Crippen LogP contribution >= 0.6 is 0 Å². The molecule has 0 aromatic carbocycles. The van der Waals surface area contributed by atoms with Crippen molar-refractivity contribution >= 4 is 5.97 Å². The molecule has 2 rings (SSSR count). The fourth-order valence-corrected chi connectivity index (χ4v) is 3.64. The van der Waals surface area contributed by atoms with Crippen molar-refractivity contribution in [2.24, 2.45) is 5.41 Å². The third-order valence-electron chi connectivity index (χ3n) is 4.60. The first-order chi connectivity index (χ1) is 9.47. The van der Waals surface area contributed by atoms with Crippen molar-refractivity contribution in [1.29, 1.82) is 0 Å². The van der Waals surface area contributed by atoms with Gasteiger partial charge in [0.15, 0.2) is 0 Å². The minimum Gasteiger partial charge on any atom is -0.465 e. The summed E-state index contributed by atoms with van der Waals surface area (Å²) in [5, 5.41) is 3.52. The van der Waals surface area contributed by atoms with E-state index in [0.29, 0.717) is 6.61 Å². The lowest BCUT2D eigenvalue weighted by Crippen LogP contribution is -2.58. The molecule has 0 spiro atoms. The Morgan fingerprint density at radius 2 is 2.15 bits per heavy atom. The summed E-state index contributed by atoms with van der Waals surface area (Å²) >= 11 is 0. The van der Waals surface area contributed by atoms with Crippen LogP contribution in [-0.4, -0.2) is 37.4 Å². The van der Waals surface area contributed by atoms with Crippen molar-refractivity contribution in [2.45, 2.75) is 70.9 Å². The predicted molar refractivity (Wildman–Crippen MR) is 78.6 cm³/mol. The molecule has 0 amide bonds. The standard InChI is InChI=1S/C16H29NO3/c1-4-19-14(18)16(9-6-8-15(2,3)12-16)17-11-13-7-5-10-20-13/h13,17H,4-12H2,1-3H3. The Morgan fingerprint density at radius 1 is 1.35 bits per heavy atom. The van der Waals surface area contributed by atoms with Gasteiger partial charge in [-0.25, -0.2) is 0 Å². The molecular weight excluding hydrogens is 254 g/mol. The van der Waals surface area contributed by atoms with Gasteiger partial charge in [0, 0.05) is 13.2 Å². The highest BCUT2D eigenvalue weighted by molar-refractivity contribution is 5.81. The number of carbonyl (C=O) groups excluding carboxylic acids is 1. The van der Waals surface area contributed by atoms with Gasteiger partial charge in [-0.1, -0.05) is 20.3 Å². The summed E-state index contributed by atoms with van der Waals surface area (Å²) in [6.45, 7) is 8.42. The molecule has 0 radical (unpaired) electrons. The fourth-order valence-electron chi connectivity index (χ4n) is 3.64. The molecule has 2 aliphatic rings. The van der Waals surface area contributed by atoms with E-state index in [4.69, 9.17) is 9.47 Å². The van der Waals surface area contributed by atoms with E-state index in [1.54, 1.807) is 0 Å². The second-order valence-corrected chi connectivity index (χ2v) is 7.01. The highest BCUT2D eigenvalue weighted by Crippen LogP contribution is 2.41. The smallest absolute Gasteiger partial charge is 0.326 e. The van der Waals surface area contributed by atoms with Crippen LogP contribution in [0, 0.1) is 5.41 Å². The monoisotopic (exact) mass is 283 g/mol. The van der Waals surface area contributed by atoms with Crippen molar-refractivity contribution in [3.05, 3.63) is 0 Å². The maximum Gasteiger partial charge on any atom is 0.326 e. The van der Waals surface area contributed by atoms with E-state index in [9.17, 15) is 4.79 Å². The average molecular weight is 283 g/mol. The van der Waals surface area contributed by atoms with Crippen LogP contribution in [-0.2, 0) is 14.3 Å². The summed E-state index contributed by atoms with van der Waals surface area (Å²) in [5.41, 5.74) is -0.321. The van der Waals surface area contributed by atoms with Crippen LogP contribution in [0.25, 0.3) is 0 Å². The third kappa shape index (κ3) is 3.73. The van der Waals surface area contributed by atoms with Gasteiger partial charge in [0.2, 0.25) is 0 Å². The van der Waals surface area contributed by atoms with Crippen LogP contribution in [0.15, 0.2) is 0 Å². The summed E-state index contributed by atoms with van der Waals surface area (Å²) in [4.78, 5) is 12.5. The van der Waals surface area contributed by atoms with Crippen LogP contribution in [0.2, 0.25) is 0 Å². The molecule has 116 valence electrons. The van der Waals surface area contributed by atoms with Gasteiger partial charge in [-0.2, -0.15) is 0 Å². The van der Waals surface area contributed by atoms with Crippen LogP contribution in [0.4, 0.5) is 0 Å². The lowest BCUT2D eigenvalue weighted by atomic mass is 9.68. The molecule has 0 aromatic heterocycles. The van der Waals surface area contributed by atoms with E-state index >= 15 is 0 Å². The molecule has 0 aromatic rings. The Morgan fingerprint density at radius 3 is 2.75 bits per heavy atom. The molecule has 1 heterocycles. The minimum atomic E-state index is -0.510. The topological polar surface area (TPSA) is 47.6 Å². The van der Waals surface area contributed by atoms with Crippen LogP contribution in [0.3, 0.4) is 0 Å². The normalized spacial score (nSPS) is 33.0. The Hall–Kier alpha value is -0.610. The average Bonchev–Trinajstić information content (AvgIpc) is 2.88. The van der Waals surface area contributed by atoms with E-state index < -0.39 is 5.54 Å². The minimum absolute atomic E-state index is 0.0780. The zero-order chi connectivity index (χ0) is 14.6. The highest BCUT2D eigenvalue weighted by Gasteiger charge is 2.46. The molecule has 4 heteroatoms. The van der Waals surface area contributed by atoms with Crippen molar-refractivity contribution in [3.8, 4) is 0 Å². The SMILES string of the molecule is CCOC(=O)C1(NCC2CCCO2)CCCC(C)(C)C1. The van der Waals surface area contributed by atoms with Crippen molar-refractivity contribution in [3.63, 3.8) is 0 Å². The number of hydrogen-bond acceptors (Lipinski definition) is 4. The largest absolute Gasteiger partial charge is 0.465 e. The number of esters is 1. The van der Waals surface area contributed by atoms with E-state index in [1.165, 1.54) is 6.42 Å². The number of rotatable bonds is 5. The summed E-state index contributed by atoms with van der Waals surface area (Å²) in [6, 6.07) is 0. The first-order valence-corrected chi connectivity index (χ1v) is 8.01. The van der Waals surface area contributed by atoms with E-state index in [0.717, 1.165) is 45.3 Å². The highest BCUT2D eigenvalue weighted by atomic mass is 16.5. The molecule has 4 nitrogen and oxygen atoms in total. The number of hydrogen-bond donors (Lipinski definition) is 1. The second-order valence-electron chi connectivity index (χ2n) is 7.01. The van der Waals surface area contributed by atoms with E-state index in [-0.39, 0.29) is 17.5 Å². The summed E-state index contributed by atoms with van der Waals surface area (Å²) in [7, 11) is 0. The van der Waals surface area contributed by atoms with Crippen LogP contribution < -0.4 is 5.32 Å². The van der Waals surface area contributed by atoms with Crippen LogP contribution in [0.1, 0.15) is 59.3 Å². The Balaban J connectivity index is 2.04. The van der Waals surface area contributed by atoms with Gasteiger partial charge in [0.25, 0.3) is 0 Å². The second kappa shape index (κ2) is 6.44. The maximum atomic E-state index is 12.5. The molecule has 0 bridgehead atoms. The van der Waals surface area contributed by atoms with Crippen molar-refractivity contribution in [2.75, 3.05) is 19.8 Å². The van der Waals surface area contributed by atoms with Gasteiger partial charge in [-0.3, -0.25) is 10.1 Å². The molecule has 1 saturated heterocycles. The number of nitrogens with one attached hydrogen (secondary N) is 1. The predicted octanol–water partition coefficient (Wildman–Crippen LogP) is 2.66. The van der Waals surface area contributed by atoms with Gasteiger partial charge in [-0.05, 0) is 44.4 Å². The molecule has 1 aliphatic heterocycles. The third-order valence-corrected chi connectivity index (χ3v) is 4.60. The van der Waals surface area contributed by atoms with Crippen molar-refractivity contribution in [1.82, 2.24) is 5.32 Å². The quantitative estimate of drug-likeness (QED) is 0.788. The first-order valence-electron chi connectivity index (χ1n) is 8.01. The first kappa shape index (κ1) is 15.8. The molecule has 1 N–H and O–H groups in total. The van der Waals surface area contributed by atoms with Crippen LogP contribution in [0.5, 0.6) is 0 Å². The molecule has 2 fully saturated rings. The molecule has 1 saturated carbocycles. The van der Waals surface area contributed by atoms with Gasteiger partial charge < -0.3 is 9.47 Å². The molecule has 20 heavy (non-hydrogen) atoms. The zero-order valence-corrected chi connectivity index (χ0v) is 13.2. The van der Waals surface area contributed by atoms with Crippen molar-refractivity contribution < 1.29 is 14.3 Å². The van der Waals surface area contributed by atoms with E-state index in [1.807, 2.05) is 6.92 Å². The fraction of sp³-hybridized carbons (Fsp3) is 0.938. The maximum absolute atomic E-state index is 12.5. The molecule has 2 unspecified atom stereocenters.